The van der Waals surface area contributed by atoms with Crippen molar-refractivity contribution >= 4 is 28.0 Å². The van der Waals surface area contributed by atoms with Gasteiger partial charge in [-0.1, -0.05) is 103 Å². The number of phenolic OH excluding ortho intramolecular Hbond substituents is 1. The zero-order chi connectivity index (χ0) is 34.9. The maximum Gasteiger partial charge on any atom is 0.137 e. The van der Waals surface area contributed by atoms with Crippen LogP contribution in [0.1, 0.15) is 16.7 Å². The van der Waals surface area contributed by atoms with Crippen molar-refractivity contribution in [3.63, 3.8) is 0 Å². The summed E-state index contributed by atoms with van der Waals surface area (Å²) >= 11 is 0. The van der Waals surface area contributed by atoms with Crippen molar-refractivity contribution in [2.24, 2.45) is 0 Å². The Morgan fingerprint density at radius 2 is 1.22 bits per heavy atom. The second-order valence-corrected chi connectivity index (χ2v) is 13.1. The van der Waals surface area contributed by atoms with Gasteiger partial charge < -0.3 is 5.11 Å². The monoisotopic (exact) mass is 659 g/mol. The first-order valence-corrected chi connectivity index (χ1v) is 17.2. The van der Waals surface area contributed by atoms with E-state index in [9.17, 15) is 5.11 Å². The molecule has 0 spiro atoms. The zero-order valence-electron chi connectivity index (χ0n) is 28.9. The molecule has 8 rings (SSSR count). The number of hydrogen-bond acceptors (Lipinski definition) is 4. The topological polar surface area (TPSA) is 49.2 Å². The number of para-hydroxylation sites is 1. The van der Waals surface area contributed by atoms with Crippen molar-refractivity contribution in [3.8, 4) is 50.5 Å². The van der Waals surface area contributed by atoms with Crippen LogP contribution in [0.5, 0.6) is 5.75 Å². The molecule has 0 unspecified atom stereocenters. The number of fused-ring (bicyclic) bond motifs is 1. The molecule has 0 fully saturated rings. The number of pyridine rings is 2. The van der Waals surface area contributed by atoms with E-state index in [-0.39, 0.29) is 5.75 Å². The van der Waals surface area contributed by atoms with Crippen LogP contribution < -0.4 is 4.90 Å². The summed E-state index contributed by atoms with van der Waals surface area (Å²) in [5.41, 5.74) is 13.2. The summed E-state index contributed by atoms with van der Waals surface area (Å²) in [5, 5.41) is 13.3. The molecule has 0 aliphatic carbocycles. The molecule has 0 atom stereocenters. The molecule has 0 amide bonds. The molecule has 6 aromatic carbocycles. The van der Waals surface area contributed by atoms with Gasteiger partial charge in [-0.25, -0.2) is 9.97 Å². The minimum absolute atomic E-state index is 0.196. The highest BCUT2D eigenvalue weighted by Gasteiger charge is 2.20. The molecular formula is C47H37N3O. The van der Waals surface area contributed by atoms with Gasteiger partial charge in [0, 0.05) is 28.4 Å². The maximum atomic E-state index is 11.0. The number of nitrogens with zero attached hydrogens (tertiary/aromatic N) is 3. The van der Waals surface area contributed by atoms with E-state index in [1.165, 1.54) is 22.3 Å². The number of hydrogen-bond donors (Lipinski definition) is 1. The van der Waals surface area contributed by atoms with Crippen molar-refractivity contribution in [2.45, 2.75) is 20.8 Å². The molecule has 51 heavy (non-hydrogen) atoms. The van der Waals surface area contributed by atoms with Gasteiger partial charge in [-0.3, -0.25) is 4.90 Å². The predicted molar refractivity (Wildman–Crippen MR) is 212 cm³/mol. The van der Waals surface area contributed by atoms with E-state index in [0.717, 1.165) is 55.9 Å². The average Bonchev–Trinajstić information content (AvgIpc) is 3.15. The van der Waals surface area contributed by atoms with Crippen LogP contribution in [-0.2, 0) is 0 Å². The van der Waals surface area contributed by atoms with Crippen LogP contribution in [0, 0.1) is 20.8 Å². The third kappa shape index (κ3) is 6.24. The normalized spacial score (nSPS) is 11.1. The van der Waals surface area contributed by atoms with E-state index in [1.54, 1.807) is 6.07 Å². The zero-order valence-corrected chi connectivity index (χ0v) is 28.9. The highest BCUT2D eigenvalue weighted by Crippen LogP contribution is 2.43. The fourth-order valence-corrected chi connectivity index (χ4v) is 7.26. The second kappa shape index (κ2) is 13.4. The molecule has 0 saturated heterocycles. The summed E-state index contributed by atoms with van der Waals surface area (Å²) in [5.74, 6) is 1.01. The highest BCUT2D eigenvalue weighted by molar-refractivity contribution is 5.99. The van der Waals surface area contributed by atoms with Crippen molar-refractivity contribution < 1.29 is 5.11 Å². The molecule has 0 saturated carbocycles. The Kier molecular flexibility index (Phi) is 8.35. The van der Waals surface area contributed by atoms with Gasteiger partial charge in [0.05, 0.1) is 17.1 Å². The third-order valence-electron chi connectivity index (χ3n) is 9.44. The van der Waals surface area contributed by atoms with Crippen molar-refractivity contribution in [1.29, 1.82) is 0 Å². The van der Waals surface area contributed by atoms with Crippen LogP contribution in [0.3, 0.4) is 0 Å². The first-order chi connectivity index (χ1) is 24.9. The van der Waals surface area contributed by atoms with E-state index in [1.807, 2.05) is 42.6 Å². The number of aryl methyl sites for hydroxylation is 3. The SMILES string of the molecule is Cc1cc(C)c(-c2cc(-c3cc(-c4ccccc4)cc(N(c4ccccn4)c4cccc5ccccc45)c3)nc(-c3ccccc3O)c2)c(C)c1. The number of aromatic hydroxyl groups is 1. The fourth-order valence-electron chi connectivity index (χ4n) is 7.26. The number of phenols is 1. The lowest BCUT2D eigenvalue weighted by atomic mass is 9.91. The van der Waals surface area contributed by atoms with Crippen LogP contribution in [0.15, 0.2) is 164 Å². The lowest BCUT2D eigenvalue weighted by Crippen LogP contribution is -2.12. The maximum absolute atomic E-state index is 11.0. The predicted octanol–water partition coefficient (Wildman–Crippen LogP) is 12.4. The molecule has 246 valence electrons. The molecule has 0 aliphatic heterocycles. The van der Waals surface area contributed by atoms with Gasteiger partial charge in [0.15, 0.2) is 0 Å². The Labute approximate surface area is 299 Å². The molecule has 2 heterocycles. The van der Waals surface area contributed by atoms with Gasteiger partial charge >= 0.3 is 0 Å². The summed E-state index contributed by atoms with van der Waals surface area (Å²) in [6, 6.07) is 54.2. The molecule has 0 radical (unpaired) electrons. The number of aromatic nitrogens is 2. The van der Waals surface area contributed by atoms with Gasteiger partial charge in [0.1, 0.15) is 11.6 Å². The molecule has 4 nitrogen and oxygen atoms in total. The highest BCUT2D eigenvalue weighted by atomic mass is 16.3. The molecule has 2 aromatic heterocycles. The fraction of sp³-hybridized carbons (Fsp3) is 0.0638. The summed E-state index contributed by atoms with van der Waals surface area (Å²) in [6.07, 6.45) is 1.84. The van der Waals surface area contributed by atoms with E-state index in [2.05, 4.69) is 141 Å². The minimum Gasteiger partial charge on any atom is -0.507 e. The molecule has 0 bridgehead atoms. The van der Waals surface area contributed by atoms with E-state index < -0.39 is 0 Å². The van der Waals surface area contributed by atoms with Crippen LogP contribution in [-0.4, -0.2) is 15.1 Å². The van der Waals surface area contributed by atoms with Crippen LogP contribution in [0.2, 0.25) is 0 Å². The molecule has 0 aliphatic rings. The molecule has 1 N–H and O–H groups in total. The van der Waals surface area contributed by atoms with Crippen LogP contribution >= 0.6 is 0 Å². The largest absolute Gasteiger partial charge is 0.507 e. The average molecular weight is 660 g/mol. The van der Waals surface area contributed by atoms with Gasteiger partial charge in [-0.15, -0.1) is 0 Å². The second-order valence-electron chi connectivity index (χ2n) is 13.1. The van der Waals surface area contributed by atoms with Gasteiger partial charge in [0.25, 0.3) is 0 Å². The van der Waals surface area contributed by atoms with Gasteiger partial charge in [0.2, 0.25) is 0 Å². The number of anilines is 3. The lowest BCUT2D eigenvalue weighted by molar-refractivity contribution is 0.477. The Hall–Kier alpha value is -6.52. The standard InChI is InChI=1S/C47H37N3O/c1-31-24-32(2)47(33(3)25-31)38-29-42(49-43(30-38)41-19-9-10-21-45(41)51)37-26-36(34-14-5-4-6-15-34)27-39(28-37)50(46-22-11-12-23-48-46)44-20-13-17-35-16-7-8-18-40(35)44/h4-30,51H,1-3H3. The Morgan fingerprint density at radius 1 is 0.529 bits per heavy atom. The minimum atomic E-state index is 0.196. The lowest BCUT2D eigenvalue weighted by Gasteiger charge is -2.27. The van der Waals surface area contributed by atoms with Crippen LogP contribution in [0.25, 0.3) is 55.5 Å². The van der Waals surface area contributed by atoms with E-state index in [0.29, 0.717) is 11.3 Å². The summed E-state index contributed by atoms with van der Waals surface area (Å²) in [7, 11) is 0. The molecule has 8 aromatic rings. The first kappa shape index (κ1) is 31.7. The first-order valence-electron chi connectivity index (χ1n) is 17.2. The van der Waals surface area contributed by atoms with Gasteiger partial charge in [-0.05, 0) is 120 Å². The van der Waals surface area contributed by atoms with Crippen molar-refractivity contribution in [2.75, 3.05) is 4.90 Å². The Balaban J connectivity index is 1.42. The molecular weight excluding hydrogens is 623 g/mol. The number of rotatable bonds is 7. The Bertz CT molecular complexity index is 2500. The third-order valence-corrected chi connectivity index (χ3v) is 9.44. The summed E-state index contributed by atoms with van der Waals surface area (Å²) < 4.78 is 0. The molecule has 4 heteroatoms. The van der Waals surface area contributed by atoms with Crippen LogP contribution in [0.4, 0.5) is 17.2 Å². The Morgan fingerprint density at radius 3 is 2.00 bits per heavy atom. The van der Waals surface area contributed by atoms with Crippen molar-refractivity contribution in [1.82, 2.24) is 9.97 Å². The number of benzene rings is 6. The van der Waals surface area contributed by atoms with Gasteiger partial charge in [-0.2, -0.15) is 0 Å². The summed E-state index contributed by atoms with van der Waals surface area (Å²) in [4.78, 5) is 12.4. The van der Waals surface area contributed by atoms with Crippen molar-refractivity contribution in [3.05, 3.63) is 181 Å². The smallest absolute Gasteiger partial charge is 0.137 e. The van der Waals surface area contributed by atoms with E-state index >= 15 is 0 Å². The van der Waals surface area contributed by atoms with E-state index in [4.69, 9.17) is 9.97 Å². The summed E-state index contributed by atoms with van der Waals surface area (Å²) in [6.45, 7) is 6.46. The quantitative estimate of drug-likeness (QED) is 0.185.